The monoisotopic (exact) mass is 400 g/mol. The van der Waals surface area contributed by atoms with Gasteiger partial charge in [0.2, 0.25) is 5.88 Å². The van der Waals surface area contributed by atoms with E-state index in [2.05, 4.69) is 20.1 Å². The molecule has 0 aliphatic heterocycles. The molecule has 0 amide bonds. The smallest absolute Gasteiger partial charge is 0.326 e. The number of nitrogens with zero attached hydrogens (tertiary/aromatic N) is 6. The molecule has 10 heteroatoms. The van der Waals surface area contributed by atoms with Gasteiger partial charge >= 0.3 is 5.69 Å². The van der Waals surface area contributed by atoms with E-state index < -0.39 is 5.69 Å². The molecular formula is C20H16N8O2. The summed E-state index contributed by atoms with van der Waals surface area (Å²) in [5.74, 6) is 0.465. The molecule has 1 saturated carbocycles. The molecule has 30 heavy (non-hydrogen) atoms. The van der Waals surface area contributed by atoms with Crippen LogP contribution in [0.4, 0.5) is 0 Å². The third-order valence-corrected chi connectivity index (χ3v) is 5.10. The van der Waals surface area contributed by atoms with E-state index in [9.17, 15) is 9.90 Å². The second-order valence-electron chi connectivity index (χ2n) is 7.27. The van der Waals surface area contributed by atoms with Crippen LogP contribution in [0.15, 0.2) is 52.8 Å². The number of rotatable bonds is 3. The molecule has 0 atom stereocenters. The van der Waals surface area contributed by atoms with Crippen LogP contribution >= 0.6 is 0 Å². The summed E-state index contributed by atoms with van der Waals surface area (Å²) < 4.78 is 3.66. The number of hydrogen-bond acceptors (Lipinski definition) is 6. The zero-order chi connectivity index (χ0) is 20.2. The van der Waals surface area contributed by atoms with Crippen LogP contribution in [-0.2, 0) is 0 Å². The summed E-state index contributed by atoms with van der Waals surface area (Å²) in [7, 11) is 0. The van der Waals surface area contributed by atoms with Gasteiger partial charge in [-0.05, 0) is 31.1 Å². The minimum atomic E-state index is -0.485. The first-order valence-corrected chi connectivity index (χ1v) is 9.53. The Morgan fingerprint density at radius 2 is 2.13 bits per heavy atom. The highest BCUT2D eigenvalue weighted by Gasteiger charge is 2.20. The number of aromatic amines is 2. The highest BCUT2D eigenvalue weighted by atomic mass is 16.3. The lowest BCUT2D eigenvalue weighted by molar-refractivity contribution is 0.454. The van der Waals surface area contributed by atoms with Crippen LogP contribution in [0.3, 0.4) is 0 Å². The van der Waals surface area contributed by atoms with Gasteiger partial charge in [0.15, 0.2) is 11.1 Å². The lowest BCUT2D eigenvalue weighted by Crippen LogP contribution is -2.20. The van der Waals surface area contributed by atoms with E-state index in [1.54, 1.807) is 23.0 Å². The maximum Gasteiger partial charge on any atom is 0.326 e. The van der Waals surface area contributed by atoms with Crippen molar-refractivity contribution in [3.8, 4) is 11.7 Å². The number of imidazole rings is 1. The molecule has 0 spiro atoms. The Bertz CT molecular complexity index is 1600. The molecule has 0 radical (unpaired) electrons. The third-order valence-electron chi connectivity index (χ3n) is 5.10. The van der Waals surface area contributed by atoms with Crippen LogP contribution in [0.2, 0.25) is 0 Å². The first-order chi connectivity index (χ1) is 14.7. The van der Waals surface area contributed by atoms with E-state index in [1.165, 1.54) is 0 Å². The topological polar surface area (TPSA) is 129 Å². The van der Waals surface area contributed by atoms with E-state index in [1.807, 2.05) is 35.2 Å². The summed E-state index contributed by atoms with van der Waals surface area (Å²) in [6.45, 7) is 0. The van der Waals surface area contributed by atoms with Crippen LogP contribution in [0.25, 0.3) is 28.4 Å². The standard InChI is InChI=1S/C20H16N8O2/c29-19-14(24-20(30)26-19)7-12-10-22-28-17(23-13-1-2-13)8-16(25-18(12)28)27-6-4-11-9-21-5-3-15(11)27/h3-10,13,29H,1-2H2,(H2,24,26,30)/b12-7-,23-17?. The van der Waals surface area contributed by atoms with E-state index in [0.717, 1.165) is 23.7 Å². The van der Waals surface area contributed by atoms with Gasteiger partial charge < -0.3 is 14.7 Å². The summed E-state index contributed by atoms with van der Waals surface area (Å²) >= 11 is 0. The zero-order valence-electron chi connectivity index (χ0n) is 15.6. The molecule has 1 aliphatic carbocycles. The molecule has 148 valence electrons. The molecule has 5 aromatic rings. The largest absolute Gasteiger partial charge is 0.493 e. The summed E-state index contributed by atoms with van der Waals surface area (Å²) in [5, 5.41) is 16.0. The van der Waals surface area contributed by atoms with Crippen molar-refractivity contribution in [2.45, 2.75) is 18.9 Å². The third kappa shape index (κ3) is 2.69. The Morgan fingerprint density at radius 1 is 1.23 bits per heavy atom. The molecule has 0 unspecified atom stereocenters. The quantitative estimate of drug-likeness (QED) is 0.404. The van der Waals surface area contributed by atoms with Gasteiger partial charge in [-0.15, -0.1) is 0 Å². The maximum atomic E-state index is 11.5. The molecule has 1 aliphatic rings. The van der Waals surface area contributed by atoms with Gasteiger partial charge in [-0.2, -0.15) is 9.61 Å². The van der Waals surface area contributed by atoms with Crippen LogP contribution in [0.5, 0.6) is 5.88 Å². The molecule has 0 aromatic carbocycles. The summed E-state index contributed by atoms with van der Waals surface area (Å²) in [6.07, 6.45) is 10.9. The Labute approximate surface area is 167 Å². The lowest BCUT2D eigenvalue weighted by Gasteiger charge is -2.06. The fourth-order valence-corrected chi connectivity index (χ4v) is 3.49. The number of pyridine rings is 1. The van der Waals surface area contributed by atoms with Crippen LogP contribution in [-0.4, -0.2) is 45.3 Å². The Morgan fingerprint density at radius 3 is 2.93 bits per heavy atom. The highest BCUT2D eigenvalue weighted by Crippen LogP contribution is 2.23. The molecule has 10 nitrogen and oxygen atoms in total. The lowest BCUT2D eigenvalue weighted by atomic mass is 10.3. The van der Waals surface area contributed by atoms with E-state index in [0.29, 0.717) is 28.2 Å². The van der Waals surface area contributed by atoms with Gasteiger partial charge in [0.05, 0.1) is 17.8 Å². The average molecular weight is 400 g/mol. The van der Waals surface area contributed by atoms with Crippen molar-refractivity contribution in [3.63, 3.8) is 0 Å². The SMILES string of the molecule is O=c1[nH]c(O)c(/C=c2/cnn3c(=NC4CC4)cc(-n4ccc5cnccc54)nc23)[nH]1. The number of nitrogens with one attached hydrogen (secondary N) is 2. The van der Waals surface area contributed by atoms with Crippen LogP contribution < -0.4 is 16.4 Å². The van der Waals surface area contributed by atoms with Gasteiger partial charge in [-0.1, -0.05) is 0 Å². The van der Waals surface area contributed by atoms with Crippen molar-refractivity contribution in [1.29, 1.82) is 0 Å². The van der Waals surface area contributed by atoms with Crippen LogP contribution in [0.1, 0.15) is 18.5 Å². The average Bonchev–Trinajstić information content (AvgIpc) is 3.16. The summed E-state index contributed by atoms with van der Waals surface area (Å²) in [5.41, 5.74) is 2.04. The van der Waals surface area contributed by atoms with Crippen molar-refractivity contribution < 1.29 is 5.11 Å². The molecular weight excluding hydrogens is 384 g/mol. The fourth-order valence-electron chi connectivity index (χ4n) is 3.49. The summed E-state index contributed by atoms with van der Waals surface area (Å²) in [4.78, 5) is 30.1. The number of fused-ring (bicyclic) bond motifs is 2. The second-order valence-corrected chi connectivity index (χ2v) is 7.27. The minimum absolute atomic E-state index is 0.234. The summed E-state index contributed by atoms with van der Waals surface area (Å²) in [6, 6.07) is 6.14. The van der Waals surface area contributed by atoms with Gasteiger partial charge in [0.1, 0.15) is 11.5 Å². The molecule has 0 saturated heterocycles. The highest BCUT2D eigenvalue weighted by molar-refractivity contribution is 5.80. The van der Waals surface area contributed by atoms with Crippen molar-refractivity contribution in [1.82, 2.24) is 34.1 Å². The molecule has 1 fully saturated rings. The normalized spacial score (nSPS) is 15.6. The molecule has 6 rings (SSSR count). The van der Waals surface area contributed by atoms with E-state index in [-0.39, 0.29) is 11.6 Å². The molecule has 5 aromatic heterocycles. The molecule has 5 heterocycles. The first-order valence-electron chi connectivity index (χ1n) is 9.53. The van der Waals surface area contributed by atoms with Crippen molar-refractivity contribution in [2.75, 3.05) is 0 Å². The van der Waals surface area contributed by atoms with Crippen molar-refractivity contribution in [2.24, 2.45) is 4.99 Å². The van der Waals surface area contributed by atoms with E-state index >= 15 is 0 Å². The van der Waals surface area contributed by atoms with E-state index in [4.69, 9.17) is 9.98 Å². The Kier molecular flexibility index (Phi) is 3.42. The minimum Gasteiger partial charge on any atom is -0.493 e. The van der Waals surface area contributed by atoms with Crippen LogP contribution in [0, 0.1) is 0 Å². The first kappa shape index (κ1) is 16.7. The molecule has 3 N–H and O–H groups in total. The fraction of sp³-hybridized carbons (Fsp3) is 0.150. The zero-order valence-corrected chi connectivity index (χ0v) is 15.6. The van der Waals surface area contributed by atoms with Gasteiger partial charge in [0, 0.05) is 35.3 Å². The molecule has 0 bridgehead atoms. The number of aromatic hydroxyl groups is 1. The predicted octanol–water partition coefficient (Wildman–Crippen LogP) is 0.401. The number of hydrogen-bond donors (Lipinski definition) is 3. The maximum absolute atomic E-state index is 11.5. The van der Waals surface area contributed by atoms with Crippen molar-refractivity contribution >= 4 is 22.6 Å². The number of aromatic nitrogens is 7. The Balaban J connectivity index is 1.65. The van der Waals surface area contributed by atoms with Gasteiger partial charge in [0.25, 0.3) is 0 Å². The van der Waals surface area contributed by atoms with Gasteiger partial charge in [-0.3, -0.25) is 15.0 Å². The number of H-pyrrole nitrogens is 2. The van der Waals surface area contributed by atoms with Gasteiger partial charge in [-0.25, -0.2) is 9.78 Å². The Hall–Kier alpha value is -4.21. The predicted molar refractivity (Wildman–Crippen MR) is 108 cm³/mol. The second kappa shape index (κ2) is 6.14. The van der Waals surface area contributed by atoms with Crippen molar-refractivity contribution in [3.05, 3.63) is 69.9 Å².